The summed E-state index contributed by atoms with van der Waals surface area (Å²) >= 11 is 6.74. The Hall–Kier alpha value is -3.32. The maximum atomic E-state index is 6.74. The van der Waals surface area contributed by atoms with Gasteiger partial charge in [0.05, 0.1) is 16.9 Å². The third-order valence-electron chi connectivity index (χ3n) is 8.44. The summed E-state index contributed by atoms with van der Waals surface area (Å²) in [6.07, 6.45) is 7.32. The number of halogens is 1. The minimum atomic E-state index is 0.380. The molecule has 1 saturated heterocycles. The highest BCUT2D eigenvalue weighted by Gasteiger charge is 2.42. The van der Waals surface area contributed by atoms with Crippen molar-refractivity contribution >= 4 is 28.0 Å². The molecule has 3 unspecified atom stereocenters. The van der Waals surface area contributed by atoms with Crippen molar-refractivity contribution in [2.75, 3.05) is 19.6 Å². The first-order chi connectivity index (χ1) is 18.7. The van der Waals surface area contributed by atoms with E-state index in [2.05, 4.69) is 69.0 Å². The molecule has 2 aliphatic rings. The van der Waals surface area contributed by atoms with Crippen LogP contribution in [0.25, 0.3) is 38.9 Å². The van der Waals surface area contributed by atoms with Crippen molar-refractivity contribution in [3.05, 3.63) is 84.0 Å². The normalized spacial score (nSPS) is 22.1. The third-order valence-corrected chi connectivity index (χ3v) is 8.71. The van der Waals surface area contributed by atoms with Crippen LogP contribution in [0.4, 0.5) is 0 Å². The van der Waals surface area contributed by atoms with Crippen LogP contribution in [0.3, 0.4) is 0 Å². The van der Waals surface area contributed by atoms with Gasteiger partial charge in [-0.3, -0.25) is 9.30 Å². The molecule has 7 heteroatoms. The number of rotatable bonds is 5. The number of nitrogens with zero attached hydrogens (tertiary/aromatic N) is 5. The smallest absolute Gasteiger partial charge is 0.155 e. The summed E-state index contributed by atoms with van der Waals surface area (Å²) in [5.41, 5.74) is 5.78. The van der Waals surface area contributed by atoms with Gasteiger partial charge in [0.15, 0.2) is 5.15 Å². The van der Waals surface area contributed by atoms with Crippen LogP contribution in [0.15, 0.2) is 73.1 Å². The van der Waals surface area contributed by atoms with E-state index in [-0.39, 0.29) is 0 Å². The van der Waals surface area contributed by atoms with Crippen LogP contribution >= 0.6 is 11.6 Å². The Balaban J connectivity index is 1.31. The SMILES string of the molecule is CCC1CNCCN1C1CCC1c1nc(-c2ccc3ccc(-c4ccccc4)nc3c2)c2c(Cl)nccn12. The molecular weight excluding hydrogens is 492 g/mol. The molecular formula is C31H31ClN6. The molecule has 0 radical (unpaired) electrons. The number of hydrogen-bond donors (Lipinski definition) is 1. The molecule has 4 heterocycles. The first-order valence-electron chi connectivity index (χ1n) is 13.7. The number of imidazole rings is 1. The topological polar surface area (TPSA) is 58.3 Å². The maximum Gasteiger partial charge on any atom is 0.155 e. The lowest BCUT2D eigenvalue weighted by atomic mass is 9.76. The van der Waals surface area contributed by atoms with Gasteiger partial charge < -0.3 is 5.32 Å². The first-order valence-corrected chi connectivity index (χ1v) is 14.0. The highest BCUT2D eigenvalue weighted by atomic mass is 35.5. The average Bonchev–Trinajstić information content (AvgIpc) is 3.33. The molecule has 5 aromatic rings. The van der Waals surface area contributed by atoms with E-state index in [1.54, 1.807) is 6.20 Å². The zero-order valence-corrected chi connectivity index (χ0v) is 22.3. The molecule has 0 spiro atoms. The molecule has 7 rings (SSSR count). The van der Waals surface area contributed by atoms with Crippen LogP contribution < -0.4 is 5.32 Å². The molecule has 1 saturated carbocycles. The van der Waals surface area contributed by atoms with Gasteiger partial charge >= 0.3 is 0 Å². The number of hydrogen-bond acceptors (Lipinski definition) is 5. The van der Waals surface area contributed by atoms with E-state index in [9.17, 15) is 0 Å². The molecule has 2 fully saturated rings. The standard InChI is InChI=1S/C31H31ClN6/c1-2-23-19-33-14-16-37(23)27-13-11-24(27)31-36-28(29-30(32)34-15-17-38(29)31)22-9-8-21-10-12-25(35-26(21)18-22)20-6-4-3-5-7-20/h3-10,12,15,17-18,23-24,27,33H,2,11,13-14,16,19H2,1H3. The quantitative estimate of drug-likeness (QED) is 0.298. The lowest BCUT2D eigenvalue weighted by molar-refractivity contribution is 0.0384. The highest BCUT2D eigenvalue weighted by molar-refractivity contribution is 6.33. The van der Waals surface area contributed by atoms with E-state index in [1.165, 1.54) is 6.42 Å². The molecule has 1 N–H and O–H groups in total. The van der Waals surface area contributed by atoms with Gasteiger partial charge in [-0.05, 0) is 31.4 Å². The number of nitrogens with one attached hydrogen (secondary N) is 1. The summed E-state index contributed by atoms with van der Waals surface area (Å²) in [4.78, 5) is 17.4. The van der Waals surface area contributed by atoms with E-state index in [4.69, 9.17) is 21.6 Å². The molecule has 6 nitrogen and oxygen atoms in total. The fourth-order valence-corrected chi connectivity index (χ4v) is 6.53. The van der Waals surface area contributed by atoms with Gasteiger partial charge in [0.2, 0.25) is 0 Å². The van der Waals surface area contributed by atoms with Crippen molar-refractivity contribution in [3.8, 4) is 22.5 Å². The van der Waals surface area contributed by atoms with E-state index < -0.39 is 0 Å². The summed E-state index contributed by atoms with van der Waals surface area (Å²) in [5.74, 6) is 1.47. The third kappa shape index (κ3) is 3.99. The Kier molecular flexibility index (Phi) is 6.11. The van der Waals surface area contributed by atoms with Crippen LogP contribution in [-0.2, 0) is 0 Å². The predicted molar refractivity (Wildman–Crippen MR) is 154 cm³/mol. The molecule has 0 amide bonds. The second-order valence-corrected chi connectivity index (χ2v) is 10.8. The van der Waals surface area contributed by atoms with Crippen LogP contribution in [-0.4, -0.2) is 56.0 Å². The predicted octanol–water partition coefficient (Wildman–Crippen LogP) is 6.19. The lowest BCUT2D eigenvalue weighted by Crippen LogP contribution is -2.59. The van der Waals surface area contributed by atoms with Crippen molar-refractivity contribution in [2.24, 2.45) is 0 Å². The molecule has 1 aliphatic heterocycles. The molecule has 0 bridgehead atoms. The number of fused-ring (bicyclic) bond motifs is 2. The van der Waals surface area contributed by atoms with E-state index in [0.717, 1.165) is 77.2 Å². The van der Waals surface area contributed by atoms with Crippen molar-refractivity contribution in [1.82, 2.24) is 29.6 Å². The monoisotopic (exact) mass is 522 g/mol. The van der Waals surface area contributed by atoms with Crippen molar-refractivity contribution in [2.45, 2.75) is 44.2 Å². The van der Waals surface area contributed by atoms with Crippen LogP contribution in [0, 0.1) is 0 Å². The Bertz CT molecular complexity index is 1610. The van der Waals surface area contributed by atoms with Crippen molar-refractivity contribution in [1.29, 1.82) is 0 Å². The summed E-state index contributed by atoms with van der Waals surface area (Å²) in [6.45, 7) is 5.51. The summed E-state index contributed by atoms with van der Waals surface area (Å²) in [7, 11) is 0. The molecule has 3 aromatic heterocycles. The van der Waals surface area contributed by atoms with Crippen molar-refractivity contribution in [3.63, 3.8) is 0 Å². The molecule has 38 heavy (non-hydrogen) atoms. The Morgan fingerprint density at radius 2 is 1.87 bits per heavy atom. The second-order valence-electron chi connectivity index (χ2n) is 10.5. The number of aromatic nitrogens is 4. The summed E-state index contributed by atoms with van der Waals surface area (Å²) in [6, 6.07) is 22.0. The first kappa shape index (κ1) is 23.8. The van der Waals surface area contributed by atoms with Gasteiger partial charge in [0.1, 0.15) is 11.3 Å². The molecule has 192 valence electrons. The molecule has 1 aliphatic carbocycles. The van der Waals surface area contributed by atoms with Gasteiger partial charge in [-0.2, -0.15) is 0 Å². The van der Waals surface area contributed by atoms with E-state index in [1.807, 2.05) is 24.4 Å². The minimum absolute atomic E-state index is 0.380. The zero-order chi connectivity index (χ0) is 25.6. The molecule has 2 aromatic carbocycles. The van der Waals surface area contributed by atoms with E-state index in [0.29, 0.717) is 23.2 Å². The Labute approximate surface area is 227 Å². The second kappa shape index (κ2) is 9.77. The highest BCUT2D eigenvalue weighted by Crippen LogP contribution is 2.43. The minimum Gasteiger partial charge on any atom is -0.314 e. The number of benzene rings is 2. The van der Waals surface area contributed by atoms with Gasteiger partial charge in [-0.1, -0.05) is 67.1 Å². The summed E-state index contributed by atoms with van der Waals surface area (Å²) in [5, 5.41) is 5.16. The number of piperazine rings is 1. The Morgan fingerprint density at radius 1 is 1.00 bits per heavy atom. The summed E-state index contributed by atoms with van der Waals surface area (Å²) < 4.78 is 2.18. The average molecular weight is 523 g/mol. The molecule has 3 atom stereocenters. The van der Waals surface area contributed by atoms with Gasteiger partial charge in [-0.25, -0.2) is 15.0 Å². The fraction of sp³-hybridized carbons (Fsp3) is 0.323. The van der Waals surface area contributed by atoms with Crippen molar-refractivity contribution < 1.29 is 0 Å². The largest absolute Gasteiger partial charge is 0.314 e. The zero-order valence-electron chi connectivity index (χ0n) is 21.5. The van der Waals surface area contributed by atoms with E-state index >= 15 is 0 Å². The van der Waals surface area contributed by atoms with Crippen LogP contribution in [0.5, 0.6) is 0 Å². The van der Waals surface area contributed by atoms with Crippen LogP contribution in [0.2, 0.25) is 5.15 Å². The number of pyridine rings is 1. The fourth-order valence-electron chi connectivity index (χ4n) is 6.29. The Morgan fingerprint density at radius 3 is 2.68 bits per heavy atom. The lowest BCUT2D eigenvalue weighted by Gasteiger charge is -2.49. The van der Waals surface area contributed by atoms with Gasteiger partial charge in [0, 0.05) is 66.5 Å². The van der Waals surface area contributed by atoms with Gasteiger partial charge in [-0.15, -0.1) is 0 Å². The van der Waals surface area contributed by atoms with Gasteiger partial charge in [0.25, 0.3) is 0 Å². The van der Waals surface area contributed by atoms with Crippen LogP contribution in [0.1, 0.15) is 37.9 Å². The maximum absolute atomic E-state index is 6.74.